The van der Waals surface area contributed by atoms with Gasteiger partial charge >= 0.3 is 0 Å². The van der Waals surface area contributed by atoms with Gasteiger partial charge in [0, 0.05) is 35.7 Å². The number of amides is 1. The number of aromatic nitrogens is 1. The van der Waals surface area contributed by atoms with E-state index in [1.54, 1.807) is 36.4 Å². The lowest BCUT2D eigenvalue weighted by atomic mass is 10.1. The Kier molecular flexibility index (Phi) is 5.83. The molecule has 0 spiro atoms. The first-order valence-corrected chi connectivity index (χ1v) is 10.8. The summed E-state index contributed by atoms with van der Waals surface area (Å²) in [6.07, 6.45) is 3.27. The van der Waals surface area contributed by atoms with Crippen molar-refractivity contribution in [1.29, 1.82) is 0 Å². The maximum atomic E-state index is 12.9. The van der Waals surface area contributed by atoms with Crippen LogP contribution in [0.5, 0.6) is 0 Å². The summed E-state index contributed by atoms with van der Waals surface area (Å²) in [5.74, 6) is 0.730. The summed E-state index contributed by atoms with van der Waals surface area (Å²) in [4.78, 5) is 34.2. The van der Waals surface area contributed by atoms with E-state index in [2.05, 4.69) is 16.6 Å². The first-order chi connectivity index (χ1) is 14.9. The smallest absolute Gasteiger partial charge is 0.270 e. The van der Waals surface area contributed by atoms with Crippen molar-refractivity contribution in [2.24, 2.45) is 4.99 Å². The van der Waals surface area contributed by atoms with Gasteiger partial charge in [-0.2, -0.15) is 4.99 Å². The lowest BCUT2D eigenvalue weighted by Gasteiger charge is -2.11. The van der Waals surface area contributed by atoms with Crippen molar-refractivity contribution in [1.82, 2.24) is 9.88 Å². The molecule has 1 fully saturated rings. The molecule has 4 rings (SSSR count). The number of nitro benzene ring substituents is 1. The zero-order valence-electron chi connectivity index (χ0n) is 16.3. The van der Waals surface area contributed by atoms with E-state index in [0.717, 1.165) is 5.69 Å². The van der Waals surface area contributed by atoms with Gasteiger partial charge in [0.2, 0.25) is 5.13 Å². The SMILES string of the molecule is C=CCN1C(=O)/C(=C\c2ccc(-c3cccc([N+](=O)[O-])c3)o2)S/C1=N/c1nc(C)cs1. The standard InChI is InChI=1S/C21H16N4O4S2/c1-3-9-24-19(26)18(31-21(24)23-20-22-13(2)12-30-20)11-16-7-8-17(29-16)14-5-4-6-15(10-14)25(27)28/h3-8,10-12H,1,9H2,2H3/b18-11+,23-21+. The average molecular weight is 453 g/mol. The molecule has 1 amide bonds. The highest BCUT2D eigenvalue weighted by molar-refractivity contribution is 8.18. The summed E-state index contributed by atoms with van der Waals surface area (Å²) >= 11 is 2.64. The Labute approximate surface area is 185 Å². The number of nitro groups is 1. The maximum Gasteiger partial charge on any atom is 0.270 e. The fourth-order valence-electron chi connectivity index (χ4n) is 2.84. The first-order valence-electron chi connectivity index (χ1n) is 9.12. The Morgan fingerprint density at radius 3 is 2.90 bits per heavy atom. The lowest BCUT2D eigenvalue weighted by Crippen LogP contribution is -2.29. The molecule has 3 heterocycles. The van der Waals surface area contributed by atoms with Gasteiger partial charge < -0.3 is 4.42 Å². The minimum Gasteiger partial charge on any atom is -0.457 e. The Bertz CT molecular complexity index is 1240. The molecule has 8 nitrogen and oxygen atoms in total. The predicted octanol–water partition coefficient (Wildman–Crippen LogP) is 5.41. The van der Waals surface area contributed by atoms with Gasteiger partial charge in [0.15, 0.2) is 5.17 Å². The third-order valence-electron chi connectivity index (χ3n) is 4.24. The van der Waals surface area contributed by atoms with Crippen molar-refractivity contribution >= 4 is 51.1 Å². The highest BCUT2D eigenvalue weighted by Gasteiger charge is 2.33. The number of aliphatic imine (C=N–C) groups is 1. The molecule has 1 aliphatic heterocycles. The zero-order valence-corrected chi connectivity index (χ0v) is 18.0. The lowest BCUT2D eigenvalue weighted by molar-refractivity contribution is -0.384. The monoisotopic (exact) mass is 452 g/mol. The fourth-order valence-corrected chi connectivity index (χ4v) is 4.54. The van der Waals surface area contributed by atoms with Crippen LogP contribution in [0, 0.1) is 17.0 Å². The molecule has 2 aromatic heterocycles. The van der Waals surface area contributed by atoms with Gasteiger partial charge in [-0.05, 0) is 30.8 Å². The van der Waals surface area contributed by atoms with Crippen LogP contribution in [0.15, 0.2) is 68.7 Å². The zero-order chi connectivity index (χ0) is 22.0. The molecule has 1 saturated heterocycles. The molecular weight excluding hydrogens is 436 g/mol. The van der Waals surface area contributed by atoms with Crippen molar-refractivity contribution in [3.63, 3.8) is 0 Å². The van der Waals surface area contributed by atoms with E-state index in [-0.39, 0.29) is 11.6 Å². The normalized spacial score (nSPS) is 16.4. The van der Waals surface area contributed by atoms with Crippen LogP contribution in [0.25, 0.3) is 17.4 Å². The molecular formula is C21H16N4O4S2. The minimum atomic E-state index is -0.456. The fraction of sp³-hybridized carbons (Fsp3) is 0.0952. The van der Waals surface area contributed by atoms with Gasteiger partial charge in [0.25, 0.3) is 11.6 Å². The Balaban J connectivity index is 1.62. The molecule has 1 aromatic carbocycles. The van der Waals surface area contributed by atoms with Crippen LogP contribution in [-0.2, 0) is 4.79 Å². The minimum absolute atomic E-state index is 0.0197. The molecule has 0 unspecified atom stereocenters. The quantitative estimate of drug-likeness (QED) is 0.214. The van der Waals surface area contributed by atoms with Crippen LogP contribution < -0.4 is 0 Å². The number of aryl methyl sites for hydroxylation is 1. The number of benzene rings is 1. The molecule has 1 aliphatic rings. The van der Waals surface area contributed by atoms with Crippen molar-refractivity contribution in [2.45, 2.75) is 6.92 Å². The number of hydrogen-bond donors (Lipinski definition) is 0. The number of carbonyl (C=O) groups excluding carboxylic acids is 1. The van der Waals surface area contributed by atoms with E-state index >= 15 is 0 Å². The Hall–Kier alpha value is -3.50. The summed E-state index contributed by atoms with van der Waals surface area (Å²) < 4.78 is 5.81. The van der Waals surface area contributed by atoms with Gasteiger partial charge in [-0.25, -0.2) is 4.98 Å². The summed E-state index contributed by atoms with van der Waals surface area (Å²) in [6, 6.07) is 9.61. The van der Waals surface area contributed by atoms with Crippen molar-refractivity contribution in [3.05, 3.63) is 80.9 Å². The van der Waals surface area contributed by atoms with Crippen molar-refractivity contribution in [3.8, 4) is 11.3 Å². The van der Waals surface area contributed by atoms with E-state index in [1.165, 1.54) is 40.1 Å². The number of nitrogens with zero attached hydrogens (tertiary/aromatic N) is 4. The van der Waals surface area contributed by atoms with Crippen LogP contribution >= 0.6 is 23.1 Å². The van der Waals surface area contributed by atoms with Crippen molar-refractivity contribution < 1.29 is 14.1 Å². The number of non-ortho nitro benzene ring substituents is 1. The summed E-state index contributed by atoms with van der Waals surface area (Å²) in [6.45, 7) is 5.92. The van der Waals surface area contributed by atoms with E-state index < -0.39 is 4.92 Å². The number of thioether (sulfide) groups is 1. The van der Waals surface area contributed by atoms with Crippen LogP contribution in [0.4, 0.5) is 10.8 Å². The van der Waals surface area contributed by atoms with E-state index in [9.17, 15) is 14.9 Å². The predicted molar refractivity (Wildman–Crippen MR) is 122 cm³/mol. The molecule has 3 aromatic rings. The molecule has 0 radical (unpaired) electrons. The van der Waals surface area contributed by atoms with Crippen LogP contribution in [0.3, 0.4) is 0 Å². The summed E-state index contributed by atoms with van der Waals surface area (Å²) in [7, 11) is 0. The molecule has 0 saturated carbocycles. The molecule has 0 bridgehead atoms. The summed E-state index contributed by atoms with van der Waals surface area (Å²) in [5, 5.41) is 14.0. The van der Waals surface area contributed by atoms with Crippen LogP contribution in [-0.4, -0.2) is 32.4 Å². The van der Waals surface area contributed by atoms with Gasteiger partial charge in [0.05, 0.1) is 15.5 Å². The van der Waals surface area contributed by atoms with Gasteiger partial charge in [0.1, 0.15) is 11.5 Å². The number of furan rings is 1. The number of rotatable bonds is 6. The summed E-state index contributed by atoms with van der Waals surface area (Å²) in [5.41, 5.74) is 1.43. The topological polar surface area (TPSA) is 102 Å². The number of hydrogen-bond acceptors (Lipinski definition) is 8. The molecule has 156 valence electrons. The maximum absolute atomic E-state index is 12.9. The second-order valence-electron chi connectivity index (χ2n) is 6.49. The number of carbonyl (C=O) groups is 1. The van der Waals surface area contributed by atoms with E-state index in [0.29, 0.717) is 38.8 Å². The highest BCUT2D eigenvalue weighted by atomic mass is 32.2. The van der Waals surface area contributed by atoms with Crippen LogP contribution in [0.2, 0.25) is 0 Å². The molecule has 0 atom stereocenters. The molecule has 0 aliphatic carbocycles. The van der Waals surface area contributed by atoms with E-state index in [4.69, 9.17) is 4.42 Å². The second-order valence-corrected chi connectivity index (χ2v) is 8.34. The molecule has 31 heavy (non-hydrogen) atoms. The third-order valence-corrected chi connectivity index (χ3v) is 6.10. The van der Waals surface area contributed by atoms with Crippen LogP contribution in [0.1, 0.15) is 11.5 Å². The largest absolute Gasteiger partial charge is 0.457 e. The van der Waals surface area contributed by atoms with Gasteiger partial charge in [-0.3, -0.25) is 19.8 Å². The van der Waals surface area contributed by atoms with Gasteiger partial charge in [-0.1, -0.05) is 18.2 Å². The molecule has 10 heteroatoms. The highest BCUT2D eigenvalue weighted by Crippen LogP contribution is 2.35. The first kappa shape index (κ1) is 20.8. The van der Waals surface area contributed by atoms with Crippen molar-refractivity contribution in [2.75, 3.05) is 6.54 Å². The number of thiazole rings is 1. The Morgan fingerprint density at radius 2 is 2.19 bits per heavy atom. The average Bonchev–Trinajstić information content (AvgIpc) is 3.45. The second kappa shape index (κ2) is 8.70. The Morgan fingerprint density at radius 1 is 1.35 bits per heavy atom. The molecule has 0 N–H and O–H groups in total. The van der Waals surface area contributed by atoms with E-state index in [1.807, 2.05) is 12.3 Å². The number of amidine groups is 1. The van der Waals surface area contributed by atoms with Gasteiger partial charge in [-0.15, -0.1) is 17.9 Å². The third kappa shape index (κ3) is 4.49.